The fourth-order valence-corrected chi connectivity index (χ4v) is 3.01. The second-order valence-electron chi connectivity index (χ2n) is 2.92. The van der Waals surface area contributed by atoms with Gasteiger partial charge in [-0.1, -0.05) is 19.4 Å². The molecule has 0 amide bonds. The van der Waals surface area contributed by atoms with Gasteiger partial charge in [-0.3, -0.25) is 0 Å². The Bertz CT molecular complexity index is 78.5. The third-order valence-electron chi connectivity index (χ3n) is 1.75. The van der Waals surface area contributed by atoms with E-state index in [4.69, 9.17) is 23.2 Å². The fraction of sp³-hybridized carbons (Fsp3) is 1.00. The van der Waals surface area contributed by atoms with Gasteiger partial charge in [-0.15, -0.1) is 23.2 Å². The topological polar surface area (TPSA) is 0 Å². The minimum absolute atomic E-state index is 0.169. The smallest absolute Gasteiger partial charge is 0.0307 e. The number of hydrogen-bond acceptors (Lipinski definition) is 0. The molecule has 0 aliphatic carbocycles. The summed E-state index contributed by atoms with van der Waals surface area (Å²) in [6, 6.07) is 1.29. The molecular weight excluding hydrogens is 195 g/mol. The van der Waals surface area contributed by atoms with Crippen molar-refractivity contribution in [1.82, 2.24) is 0 Å². The monoisotopic (exact) mass is 212 g/mol. The molecule has 0 fully saturated rings. The second-order valence-corrected chi connectivity index (χ2v) is 5.50. The van der Waals surface area contributed by atoms with E-state index in [9.17, 15) is 0 Å². The molecule has 0 saturated carbocycles. The van der Waals surface area contributed by atoms with Crippen LogP contribution in [0.3, 0.4) is 0 Å². The lowest BCUT2D eigenvalue weighted by molar-refractivity contribution is 0.662. The first-order valence-electron chi connectivity index (χ1n) is 4.51. The average molecular weight is 213 g/mol. The van der Waals surface area contributed by atoms with E-state index >= 15 is 0 Å². The minimum Gasteiger partial charge on any atom is -0.127 e. The van der Waals surface area contributed by atoms with Crippen molar-refractivity contribution in [2.45, 2.75) is 43.7 Å². The maximum absolute atomic E-state index is 6.06. The Labute approximate surface area is 82.5 Å². The lowest BCUT2D eigenvalue weighted by Gasteiger charge is -2.05. The summed E-state index contributed by atoms with van der Waals surface area (Å²) in [5.74, 6) is 0.801. The molecular formula is C8H18Cl2Si. The van der Waals surface area contributed by atoms with E-state index in [1.54, 1.807) is 0 Å². The first-order valence-corrected chi connectivity index (χ1v) is 7.89. The molecule has 0 aromatic carbocycles. The fourth-order valence-electron chi connectivity index (χ4n) is 1.09. The standard InChI is InChI=1S/C8H18Cl2Si/c1-11-7-8(10)5-3-2-4-6-9/h8H,2-7,11H2,1H3. The van der Waals surface area contributed by atoms with Crippen molar-refractivity contribution in [1.29, 1.82) is 0 Å². The van der Waals surface area contributed by atoms with Crippen molar-refractivity contribution < 1.29 is 0 Å². The van der Waals surface area contributed by atoms with E-state index in [1.165, 1.54) is 25.3 Å². The molecule has 0 aliphatic heterocycles. The molecule has 1 unspecified atom stereocenters. The van der Waals surface area contributed by atoms with Crippen molar-refractivity contribution in [3.63, 3.8) is 0 Å². The van der Waals surface area contributed by atoms with Crippen LogP contribution in [0.4, 0.5) is 0 Å². The molecule has 0 saturated heterocycles. The first kappa shape index (κ1) is 11.8. The Kier molecular flexibility index (Phi) is 9.53. The molecule has 1 atom stereocenters. The number of hydrogen-bond donors (Lipinski definition) is 0. The van der Waals surface area contributed by atoms with Crippen molar-refractivity contribution in [2.24, 2.45) is 0 Å². The molecule has 68 valence electrons. The number of unbranched alkanes of at least 4 members (excludes halogenated alkanes) is 2. The molecule has 0 nitrogen and oxygen atoms in total. The van der Waals surface area contributed by atoms with Crippen molar-refractivity contribution in [3.05, 3.63) is 0 Å². The van der Waals surface area contributed by atoms with Crippen LogP contribution in [-0.2, 0) is 0 Å². The van der Waals surface area contributed by atoms with Crippen molar-refractivity contribution >= 4 is 32.7 Å². The molecule has 0 rings (SSSR count). The molecule has 0 heterocycles. The molecule has 0 spiro atoms. The quantitative estimate of drug-likeness (QED) is 0.346. The van der Waals surface area contributed by atoms with Gasteiger partial charge < -0.3 is 0 Å². The molecule has 0 N–H and O–H groups in total. The second kappa shape index (κ2) is 8.89. The van der Waals surface area contributed by atoms with Crippen LogP contribution < -0.4 is 0 Å². The molecule has 0 radical (unpaired) electrons. The maximum Gasteiger partial charge on any atom is 0.0307 e. The van der Waals surface area contributed by atoms with Gasteiger partial charge in [-0.05, 0) is 18.9 Å². The van der Waals surface area contributed by atoms with Crippen LogP contribution in [0.5, 0.6) is 0 Å². The summed E-state index contributed by atoms with van der Waals surface area (Å²) < 4.78 is 0. The zero-order valence-corrected chi connectivity index (χ0v) is 10.2. The highest BCUT2D eigenvalue weighted by Crippen LogP contribution is 2.12. The van der Waals surface area contributed by atoms with Gasteiger partial charge in [-0.2, -0.15) is 0 Å². The van der Waals surface area contributed by atoms with Crippen molar-refractivity contribution in [3.8, 4) is 0 Å². The van der Waals surface area contributed by atoms with E-state index in [2.05, 4.69) is 6.55 Å². The summed E-state index contributed by atoms with van der Waals surface area (Å²) in [6.07, 6.45) is 4.85. The third kappa shape index (κ3) is 8.71. The summed E-state index contributed by atoms with van der Waals surface area (Å²) in [5, 5.41) is 0.460. The molecule has 0 bridgehead atoms. The normalized spacial score (nSPS) is 14.5. The summed E-state index contributed by atoms with van der Waals surface area (Å²) in [6.45, 7) is 2.31. The first-order chi connectivity index (χ1) is 5.31. The SMILES string of the molecule is C[SiH2]CC(Cl)CCCCCCl. The Hall–Kier alpha value is 0.797. The maximum atomic E-state index is 6.06. The molecule has 3 heteroatoms. The van der Waals surface area contributed by atoms with E-state index in [0.717, 1.165) is 12.3 Å². The zero-order chi connectivity index (χ0) is 8.53. The van der Waals surface area contributed by atoms with E-state index < -0.39 is 0 Å². The highest BCUT2D eigenvalue weighted by molar-refractivity contribution is 6.37. The van der Waals surface area contributed by atoms with Gasteiger partial charge in [-0.25, -0.2) is 0 Å². The highest BCUT2D eigenvalue weighted by atomic mass is 35.5. The van der Waals surface area contributed by atoms with Gasteiger partial charge >= 0.3 is 0 Å². The molecule has 0 aliphatic rings. The van der Waals surface area contributed by atoms with Crippen LogP contribution >= 0.6 is 23.2 Å². The summed E-state index contributed by atoms with van der Waals surface area (Å²) in [7, 11) is 0.169. The van der Waals surface area contributed by atoms with Gasteiger partial charge in [0.2, 0.25) is 0 Å². The van der Waals surface area contributed by atoms with E-state index in [1.807, 2.05) is 0 Å². The number of alkyl halides is 2. The van der Waals surface area contributed by atoms with Crippen LogP contribution in [0.2, 0.25) is 12.6 Å². The van der Waals surface area contributed by atoms with Crippen molar-refractivity contribution in [2.75, 3.05) is 5.88 Å². The van der Waals surface area contributed by atoms with Crippen LogP contribution in [0.25, 0.3) is 0 Å². The van der Waals surface area contributed by atoms with Crippen LogP contribution in [0.15, 0.2) is 0 Å². The summed E-state index contributed by atoms with van der Waals surface area (Å²) >= 11 is 11.6. The van der Waals surface area contributed by atoms with E-state index in [0.29, 0.717) is 5.38 Å². The average Bonchev–Trinajstić information content (AvgIpc) is 1.99. The van der Waals surface area contributed by atoms with Crippen LogP contribution in [0.1, 0.15) is 25.7 Å². The predicted molar refractivity (Wildman–Crippen MR) is 58.0 cm³/mol. The summed E-state index contributed by atoms with van der Waals surface area (Å²) in [4.78, 5) is 0. The zero-order valence-electron chi connectivity index (χ0n) is 7.28. The van der Waals surface area contributed by atoms with Gasteiger partial charge in [0.1, 0.15) is 0 Å². The molecule has 11 heavy (non-hydrogen) atoms. The third-order valence-corrected chi connectivity index (χ3v) is 4.10. The van der Waals surface area contributed by atoms with Gasteiger partial charge in [0.15, 0.2) is 0 Å². The van der Waals surface area contributed by atoms with Gasteiger partial charge in [0.25, 0.3) is 0 Å². The van der Waals surface area contributed by atoms with Crippen LogP contribution in [0, 0.1) is 0 Å². The Morgan fingerprint density at radius 3 is 2.55 bits per heavy atom. The summed E-state index contributed by atoms with van der Waals surface area (Å²) in [5.41, 5.74) is 0. The molecule has 0 aromatic rings. The Balaban J connectivity index is 2.97. The van der Waals surface area contributed by atoms with Gasteiger partial charge in [0, 0.05) is 20.8 Å². The largest absolute Gasteiger partial charge is 0.127 e. The minimum atomic E-state index is 0.169. The van der Waals surface area contributed by atoms with E-state index in [-0.39, 0.29) is 9.52 Å². The lowest BCUT2D eigenvalue weighted by atomic mass is 10.2. The Morgan fingerprint density at radius 1 is 1.27 bits per heavy atom. The molecule has 0 aromatic heterocycles. The highest BCUT2D eigenvalue weighted by Gasteiger charge is 2.01. The number of halogens is 2. The van der Waals surface area contributed by atoms with Crippen LogP contribution in [-0.4, -0.2) is 20.8 Å². The number of rotatable bonds is 7. The lowest BCUT2D eigenvalue weighted by Crippen LogP contribution is -2.00. The Morgan fingerprint density at radius 2 is 2.00 bits per heavy atom. The predicted octanol–water partition coefficient (Wildman–Crippen LogP) is 3.03. The van der Waals surface area contributed by atoms with Gasteiger partial charge in [0.05, 0.1) is 0 Å².